The minimum atomic E-state index is -0.630. The fourth-order valence-corrected chi connectivity index (χ4v) is 5.67. The molecule has 2 aromatic carbocycles. The lowest BCUT2D eigenvalue weighted by Gasteiger charge is -2.24. The molecule has 4 rings (SSSR count). The number of pyridine rings is 1. The lowest BCUT2D eigenvalue weighted by Crippen LogP contribution is -2.31. The number of esters is 1. The van der Waals surface area contributed by atoms with Gasteiger partial charge in [0.1, 0.15) is 17.2 Å². The van der Waals surface area contributed by atoms with E-state index in [1.165, 1.54) is 18.2 Å². The first kappa shape index (κ1) is 30.2. The predicted octanol–water partition coefficient (Wildman–Crippen LogP) is 6.30. The highest BCUT2D eigenvalue weighted by molar-refractivity contribution is 9.10. The molecule has 2 N–H and O–H groups in total. The summed E-state index contributed by atoms with van der Waals surface area (Å²) in [4.78, 5) is 33.1. The van der Waals surface area contributed by atoms with Crippen molar-refractivity contribution in [2.75, 3.05) is 24.5 Å². The van der Waals surface area contributed by atoms with Crippen LogP contribution in [0.15, 0.2) is 40.9 Å². The number of rotatable bonds is 8. The molecule has 3 aromatic rings. The Hall–Kier alpha value is -2.75. The second-order valence-electron chi connectivity index (χ2n) is 11.2. The van der Waals surface area contributed by atoms with Crippen LogP contribution in [0.1, 0.15) is 67.4 Å². The Kier molecular flexibility index (Phi) is 9.37. The van der Waals surface area contributed by atoms with Gasteiger partial charge in [0.2, 0.25) is 0 Å². The molecule has 2 unspecified atom stereocenters. The highest BCUT2D eigenvalue weighted by atomic mass is 79.9. The van der Waals surface area contributed by atoms with Gasteiger partial charge in [0.05, 0.1) is 17.2 Å². The second-order valence-corrected chi connectivity index (χ2v) is 12.5. The van der Waals surface area contributed by atoms with Crippen LogP contribution in [0.5, 0.6) is 0 Å². The van der Waals surface area contributed by atoms with Gasteiger partial charge in [0, 0.05) is 52.4 Å². The van der Waals surface area contributed by atoms with Crippen molar-refractivity contribution in [3.63, 3.8) is 0 Å². The molecule has 0 aliphatic carbocycles. The van der Waals surface area contributed by atoms with E-state index in [1.54, 1.807) is 20.8 Å². The van der Waals surface area contributed by atoms with Crippen molar-refractivity contribution in [2.45, 2.75) is 64.6 Å². The first-order valence-electron chi connectivity index (χ1n) is 13.3. The van der Waals surface area contributed by atoms with Crippen LogP contribution in [0.4, 0.5) is 10.2 Å². The molecule has 7 nitrogen and oxygen atoms in total. The Morgan fingerprint density at radius 2 is 2.02 bits per heavy atom. The van der Waals surface area contributed by atoms with E-state index in [0.29, 0.717) is 64.4 Å². The minimum absolute atomic E-state index is 0.0796. The fourth-order valence-electron chi connectivity index (χ4n) is 5.04. The van der Waals surface area contributed by atoms with Crippen LogP contribution in [0.2, 0.25) is 5.02 Å². The maximum atomic E-state index is 14.2. The molecule has 0 saturated carbocycles. The number of hydrogen-bond donors (Lipinski definition) is 2. The van der Waals surface area contributed by atoms with Crippen LogP contribution >= 0.6 is 27.5 Å². The van der Waals surface area contributed by atoms with Crippen molar-refractivity contribution in [3.05, 3.63) is 68.4 Å². The number of carbonyl (C=O) groups excluding carboxylic acids is 2. The highest BCUT2D eigenvalue weighted by Crippen LogP contribution is 2.33. The quantitative estimate of drug-likeness (QED) is 0.283. The molecule has 214 valence electrons. The predicted molar refractivity (Wildman–Crippen MR) is 159 cm³/mol. The summed E-state index contributed by atoms with van der Waals surface area (Å²) in [6, 6.07) is 9.67. The van der Waals surface area contributed by atoms with Gasteiger partial charge < -0.3 is 20.1 Å². The summed E-state index contributed by atoms with van der Waals surface area (Å²) in [6.45, 7) is 8.45. The van der Waals surface area contributed by atoms with Gasteiger partial charge in [0.15, 0.2) is 0 Å². The number of ether oxygens (including phenoxy) is 1. The molecule has 1 saturated heterocycles. The van der Waals surface area contributed by atoms with E-state index in [-0.39, 0.29) is 24.8 Å². The molecule has 10 heteroatoms. The molecule has 1 aromatic heterocycles. The zero-order chi connectivity index (χ0) is 29.2. The molecule has 1 amide bonds. The van der Waals surface area contributed by atoms with E-state index < -0.39 is 23.4 Å². The van der Waals surface area contributed by atoms with Gasteiger partial charge in [-0.3, -0.25) is 9.59 Å². The van der Waals surface area contributed by atoms with E-state index in [1.807, 2.05) is 30.0 Å². The van der Waals surface area contributed by atoms with Crippen LogP contribution in [-0.4, -0.2) is 53.3 Å². The van der Waals surface area contributed by atoms with Crippen LogP contribution in [0, 0.1) is 12.7 Å². The van der Waals surface area contributed by atoms with Crippen molar-refractivity contribution in [2.24, 2.45) is 0 Å². The summed E-state index contributed by atoms with van der Waals surface area (Å²) in [7, 11) is 0. The first-order chi connectivity index (χ1) is 18.8. The van der Waals surface area contributed by atoms with Crippen molar-refractivity contribution in [1.29, 1.82) is 0 Å². The number of hydrogen-bond acceptors (Lipinski definition) is 6. The Morgan fingerprint density at radius 1 is 1.27 bits per heavy atom. The number of fused-ring (bicyclic) bond motifs is 1. The van der Waals surface area contributed by atoms with Crippen molar-refractivity contribution >= 4 is 56.1 Å². The van der Waals surface area contributed by atoms with Gasteiger partial charge in [-0.15, -0.1) is 0 Å². The average molecular weight is 635 g/mol. The van der Waals surface area contributed by atoms with Crippen molar-refractivity contribution in [1.82, 2.24) is 10.3 Å². The highest BCUT2D eigenvalue weighted by Gasteiger charge is 2.27. The van der Waals surface area contributed by atoms with Gasteiger partial charge in [-0.1, -0.05) is 27.5 Å². The van der Waals surface area contributed by atoms with Gasteiger partial charge in [-0.25, -0.2) is 9.37 Å². The zero-order valence-corrected chi connectivity index (χ0v) is 25.4. The van der Waals surface area contributed by atoms with Crippen LogP contribution in [-0.2, 0) is 9.53 Å². The molecule has 0 bridgehead atoms. The number of aliphatic hydroxyl groups excluding tert-OH is 1. The third kappa shape index (κ3) is 7.30. The SMILES string of the molecule is Cc1c(N2CCC(O)C2)nc2ccc(Br)cc2c1C(=O)NCC(CCC(=O)OC(C)(C)C)c1cc(F)ccc1Cl. The van der Waals surface area contributed by atoms with E-state index in [9.17, 15) is 19.1 Å². The van der Waals surface area contributed by atoms with Gasteiger partial charge >= 0.3 is 5.97 Å². The number of nitrogens with one attached hydrogen (secondary N) is 1. The van der Waals surface area contributed by atoms with Crippen LogP contribution in [0.3, 0.4) is 0 Å². The number of anilines is 1. The van der Waals surface area contributed by atoms with Crippen molar-refractivity contribution in [3.8, 4) is 0 Å². The number of benzene rings is 2. The topological polar surface area (TPSA) is 91.8 Å². The number of β-amino-alcohol motifs (C(OH)–C–C–N with tert-alkyl or cyclic N) is 1. The molecule has 40 heavy (non-hydrogen) atoms. The molecule has 2 heterocycles. The smallest absolute Gasteiger partial charge is 0.306 e. The number of aromatic nitrogens is 1. The van der Waals surface area contributed by atoms with Crippen LogP contribution < -0.4 is 10.2 Å². The first-order valence-corrected chi connectivity index (χ1v) is 14.5. The maximum Gasteiger partial charge on any atom is 0.306 e. The normalized spacial score (nSPS) is 16.3. The largest absolute Gasteiger partial charge is 0.460 e. The molecular weight excluding hydrogens is 601 g/mol. The third-order valence-corrected chi connectivity index (χ3v) is 7.72. The van der Waals surface area contributed by atoms with Gasteiger partial charge in [-0.05, 0) is 82.5 Å². The third-order valence-electron chi connectivity index (χ3n) is 6.88. The number of halogens is 3. The summed E-state index contributed by atoms with van der Waals surface area (Å²) in [6.07, 6.45) is 0.572. The molecule has 1 aliphatic rings. The number of amides is 1. The number of carbonyl (C=O) groups is 2. The minimum Gasteiger partial charge on any atom is -0.460 e. The molecule has 2 atom stereocenters. The molecule has 1 fully saturated rings. The number of aliphatic hydroxyl groups is 1. The van der Waals surface area contributed by atoms with Crippen LogP contribution in [0.25, 0.3) is 10.9 Å². The Labute approximate surface area is 247 Å². The van der Waals surface area contributed by atoms with Gasteiger partial charge in [0.25, 0.3) is 5.91 Å². The second kappa shape index (κ2) is 12.4. The fraction of sp³-hybridized carbons (Fsp3) is 0.433. The standard InChI is InChI=1S/C30H34BrClFN3O4/c1-17-27(23-13-19(31)6-9-25(23)35-28(17)36-12-11-21(37)16-36)29(39)34-15-18(5-10-26(38)40-30(2,3)4)22-14-20(33)7-8-24(22)32/h6-9,13-14,18,21,37H,5,10-12,15-16H2,1-4H3,(H,34,39). The maximum absolute atomic E-state index is 14.2. The van der Waals surface area contributed by atoms with E-state index in [2.05, 4.69) is 21.2 Å². The molecule has 0 radical (unpaired) electrons. The summed E-state index contributed by atoms with van der Waals surface area (Å²) in [5, 5.41) is 14.2. The summed E-state index contributed by atoms with van der Waals surface area (Å²) in [5.74, 6) is -0.932. The van der Waals surface area contributed by atoms with E-state index in [4.69, 9.17) is 21.3 Å². The molecule has 1 aliphatic heterocycles. The summed E-state index contributed by atoms with van der Waals surface area (Å²) >= 11 is 9.93. The van der Waals surface area contributed by atoms with E-state index >= 15 is 0 Å². The molecular formula is C30H34BrClFN3O4. The monoisotopic (exact) mass is 633 g/mol. The summed E-state index contributed by atoms with van der Waals surface area (Å²) in [5.41, 5.74) is 1.71. The summed E-state index contributed by atoms with van der Waals surface area (Å²) < 4.78 is 20.5. The van der Waals surface area contributed by atoms with Crippen molar-refractivity contribution < 1.29 is 23.8 Å². The van der Waals surface area contributed by atoms with Gasteiger partial charge in [-0.2, -0.15) is 0 Å². The number of nitrogens with zero attached hydrogens (tertiary/aromatic N) is 2. The lowest BCUT2D eigenvalue weighted by atomic mass is 9.93. The Balaban J connectivity index is 1.64. The van der Waals surface area contributed by atoms with E-state index in [0.717, 1.165) is 4.47 Å². The molecule has 0 spiro atoms. The zero-order valence-electron chi connectivity index (χ0n) is 23.1. The Bertz CT molecular complexity index is 1430. The average Bonchev–Trinajstić information content (AvgIpc) is 3.30. The lowest BCUT2D eigenvalue weighted by molar-refractivity contribution is -0.155. The Morgan fingerprint density at radius 3 is 2.70 bits per heavy atom.